The molecule has 0 bridgehead atoms. The first kappa shape index (κ1) is 78.6. The molecule has 4 atom stereocenters. The van der Waals surface area contributed by atoms with Gasteiger partial charge in [-0.3, -0.25) is 24.3 Å². The van der Waals surface area contributed by atoms with Gasteiger partial charge in [0.1, 0.15) is 13.2 Å². The number of esters is 2. The Balaban J connectivity index is 5.06. The molecule has 0 fully saturated rings. The first-order chi connectivity index (χ1) is 39.0. The zero-order chi connectivity index (χ0) is 58.8. The zero-order valence-electron chi connectivity index (χ0n) is 54.4. The Bertz CT molecular complexity index is 1250. The third kappa shape index (κ3) is 55.8. The number of methoxy groups -OCH3 is 1. The lowest BCUT2D eigenvalue weighted by Crippen LogP contribution is -2.39. The van der Waals surface area contributed by atoms with E-state index in [1.54, 1.807) is 0 Å². The number of hydrogen-bond donors (Lipinski definition) is 3. The summed E-state index contributed by atoms with van der Waals surface area (Å²) in [4.78, 5) is 35.0. The number of hydrogen-bond acceptors (Lipinski definition) is 12. The smallest absolute Gasteiger partial charge is 0.305 e. The summed E-state index contributed by atoms with van der Waals surface area (Å²) in [5, 5.41) is 33.3. The molecule has 0 aliphatic carbocycles. The normalized spacial score (nSPS) is 13.5. The van der Waals surface area contributed by atoms with Crippen molar-refractivity contribution in [3.05, 3.63) is 0 Å². The Morgan fingerprint density at radius 2 is 0.637 bits per heavy atom. The number of nitrogens with zero attached hydrogens (tertiary/aromatic N) is 4. The molecule has 12 heteroatoms. The number of rotatable bonds is 65. The van der Waals surface area contributed by atoms with E-state index >= 15 is 0 Å². The molecule has 0 aromatic carbocycles. The number of aliphatic hydroxyl groups excluding tert-OH is 3. The summed E-state index contributed by atoms with van der Waals surface area (Å²) in [6.45, 7) is 16.7. The third-order valence-corrected chi connectivity index (χ3v) is 16.4. The molecule has 0 aliphatic rings. The molecule has 0 aromatic heterocycles. The summed E-state index contributed by atoms with van der Waals surface area (Å²) in [5.74, 6) is -0.372. The summed E-state index contributed by atoms with van der Waals surface area (Å²) in [6, 6.07) is 0. The SMILES string of the molecule is CCCCCCCCCCC(O)CN(CCCCC(=O)OCCN(CCCN(C)C)CCOC(=O)CCCCN(CC(CCCCCCCCCC)OC)C[C@@H](O)CCCCCCCCCC)C[C@H](O)CCCCCCCCCC. The Labute approximate surface area is 496 Å². The molecule has 0 spiro atoms. The van der Waals surface area contributed by atoms with Crippen molar-refractivity contribution < 1.29 is 39.1 Å². The van der Waals surface area contributed by atoms with Crippen molar-refractivity contribution in [2.24, 2.45) is 0 Å². The van der Waals surface area contributed by atoms with Crippen molar-refractivity contribution >= 4 is 11.9 Å². The van der Waals surface area contributed by atoms with Crippen molar-refractivity contribution in [2.45, 2.75) is 328 Å². The van der Waals surface area contributed by atoms with Crippen LogP contribution in [-0.4, -0.2) is 171 Å². The zero-order valence-corrected chi connectivity index (χ0v) is 54.4. The second-order valence-electron chi connectivity index (χ2n) is 24.7. The van der Waals surface area contributed by atoms with Crippen molar-refractivity contribution in [3.63, 3.8) is 0 Å². The molecule has 0 aromatic rings. The van der Waals surface area contributed by atoms with Crippen molar-refractivity contribution in [2.75, 3.05) is 99.9 Å². The Morgan fingerprint density at radius 3 is 0.963 bits per heavy atom. The first-order valence-corrected chi connectivity index (χ1v) is 34.7. The van der Waals surface area contributed by atoms with E-state index in [0.29, 0.717) is 65.2 Å². The molecule has 0 saturated carbocycles. The molecule has 0 aliphatic heterocycles. The van der Waals surface area contributed by atoms with Crippen LogP contribution in [0.2, 0.25) is 0 Å². The molecular formula is C68H138N4O8. The van der Waals surface area contributed by atoms with Gasteiger partial charge < -0.3 is 34.4 Å². The highest BCUT2D eigenvalue weighted by molar-refractivity contribution is 5.69. The van der Waals surface area contributed by atoms with Crippen molar-refractivity contribution in [1.82, 2.24) is 19.6 Å². The van der Waals surface area contributed by atoms with E-state index in [-0.39, 0.29) is 24.1 Å². The molecule has 478 valence electrons. The molecule has 0 heterocycles. The highest BCUT2D eigenvalue weighted by Crippen LogP contribution is 2.18. The van der Waals surface area contributed by atoms with Crippen molar-refractivity contribution in [3.8, 4) is 0 Å². The van der Waals surface area contributed by atoms with Crippen LogP contribution in [0, 0.1) is 0 Å². The minimum absolute atomic E-state index is 0.141. The summed E-state index contributed by atoms with van der Waals surface area (Å²) >= 11 is 0. The van der Waals surface area contributed by atoms with Gasteiger partial charge in [0, 0.05) is 59.2 Å². The standard InChI is InChI=1S/C68H138N4O8/c1-8-12-16-20-24-28-32-36-45-63(73)59-71(60-64(74)46-37-33-29-25-21-17-13-9-2)52-42-40-49-67(76)79-57-55-70(54-44-51-69(5)6)56-58-80-68(77)50-41-43-53-72(61-65(75)47-38-34-30-26-22-18-14-10-3)62-66(78-7)48-39-35-31-27-23-19-15-11-4/h63-66,73-75H,8-62H2,1-7H3/t63-,64?,65+,66?/m1/s1. The van der Waals surface area contributed by atoms with Gasteiger partial charge in [-0.1, -0.05) is 233 Å². The van der Waals surface area contributed by atoms with Gasteiger partial charge in [-0.05, 0) is 98.1 Å². The lowest BCUT2D eigenvalue weighted by atomic mass is 10.0. The minimum Gasteiger partial charge on any atom is -0.464 e. The topological polar surface area (TPSA) is 135 Å². The number of carbonyl (C=O) groups is 2. The maximum Gasteiger partial charge on any atom is 0.305 e. The fourth-order valence-corrected chi connectivity index (χ4v) is 11.2. The molecule has 3 N–H and O–H groups in total. The summed E-state index contributed by atoms with van der Waals surface area (Å²) in [5.41, 5.74) is 0. The van der Waals surface area contributed by atoms with Gasteiger partial charge in [0.05, 0.1) is 24.4 Å². The van der Waals surface area contributed by atoms with Crippen LogP contribution >= 0.6 is 0 Å². The monoisotopic (exact) mass is 1140 g/mol. The van der Waals surface area contributed by atoms with Gasteiger partial charge in [0.15, 0.2) is 0 Å². The van der Waals surface area contributed by atoms with Crippen LogP contribution in [0.25, 0.3) is 0 Å². The average molecular weight is 1140 g/mol. The van der Waals surface area contributed by atoms with Crippen LogP contribution in [0.3, 0.4) is 0 Å². The van der Waals surface area contributed by atoms with E-state index < -0.39 is 12.2 Å². The largest absolute Gasteiger partial charge is 0.464 e. The highest BCUT2D eigenvalue weighted by atomic mass is 16.5. The predicted octanol–water partition coefficient (Wildman–Crippen LogP) is 15.5. The van der Waals surface area contributed by atoms with Gasteiger partial charge in [-0.25, -0.2) is 0 Å². The van der Waals surface area contributed by atoms with Crippen LogP contribution < -0.4 is 0 Å². The van der Waals surface area contributed by atoms with E-state index in [1.807, 2.05) is 7.11 Å². The number of carbonyl (C=O) groups excluding carboxylic acids is 2. The van der Waals surface area contributed by atoms with E-state index in [2.05, 4.69) is 61.4 Å². The highest BCUT2D eigenvalue weighted by Gasteiger charge is 2.19. The number of unbranched alkanes of at least 4 members (excludes halogenated alkanes) is 30. The fourth-order valence-electron chi connectivity index (χ4n) is 11.2. The van der Waals surface area contributed by atoms with E-state index in [4.69, 9.17) is 14.2 Å². The van der Waals surface area contributed by atoms with E-state index in [9.17, 15) is 24.9 Å². The maximum atomic E-state index is 13.0. The van der Waals surface area contributed by atoms with Gasteiger partial charge in [-0.15, -0.1) is 0 Å². The second-order valence-corrected chi connectivity index (χ2v) is 24.7. The van der Waals surface area contributed by atoms with Gasteiger partial charge >= 0.3 is 11.9 Å². The molecule has 0 amide bonds. The van der Waals surface area contributed by atoms with E-state index in [0.717, 1.165) is 116 Å². The van der Waals surface area contributed by atoms with Crippen LogP contribution in [0.5, 0.6) is 0 Å². The minimum atomic E-state index is -0.407. The summed E-state index contributed by atoms with van der Waals surface area (Å²) in [7, 11) is 5.97. The number of ether oxygens (including phenoxy) is 3. The first-order valence-electron chi connectivity index (χ1n) is 34.7. The molecule has 0 rings (SSSR count). The quantitative estimate of drug-likeness (QED) is 0.0395. The summed E-state index contributed by atoms with van der Waals surface area (Å²) < 4.78 is 17.5. The predicted molar refractivity (Wildman–Crippen MR) is 340 cm³/mol. The fraction of sp³-hybridized carbons (Fsp3) is 0.971. The lowest BCUT2D eigenvalue weighted by Gasteiger charge is -2.29. The second kappa shape index (κ2) is 60.7. The third-order valence-electron chi connectivity index (χ3n) is 16.4. The van der Waals surface area contributed by atoms with Crippen LogP contribution in [-0.2, 0) is 23.8 Å². The molecular weight excluding hydrogens is 1000 g/mol. The molecule has 0 radical (unpaired) electrons. The molecule has 2 unspecified atom stereocenters. The Hall–Kier alpha value is -1.38. The lowest BCUT2D eigenvalue weighted by molar-refractivity contribution is -0.144. The van der Waals surface area contributed by atoms with Crippen LogP contribution in [0.4, 0.5) is 0 Å². The van der Waals surface area contributed by atoms with E-state index in [1.165, 1.54) is 173 Å². The number of aliphatic hydroxyl groups is 3. The van der Waals surface area contributed by atoms with Gasteiger partial charge in [0.25, 0.3) is 0 Å². The van der Waals surface area contributed by atoms with Crippen LogP contribution in [0.15, 0.2) is 0 Å². The Morgan fingerprint density at radius 1 is 0.338 bits per heavy atom. The molecule has 0 saturated heterocycles. The van der Waals surface area contributed by atoms with Crippen molar-refractivity contribution in [1.29, 1.82) is 0 Å². The summed E-state index contributed by atoms with van der Waals surface area (Å²) in [6.07, 6.45) is 47.6. The van der Waals surface area contributed by atoms with Crippen LogP contribution in [0.1, 0.15) is 304 Å². The van der Waals surface area contributed by atoms with Gasteiger partial charge in [-0.2, -0.15) is 0 Å². The average Bonchev–Trinajstić information content (AvgIpc) is 3.43. The molecule has 12 nitrogen and oxygen atoms in total. The van der Waals surface area contributed by atoms with Gasteiger partial charge in [0.2, 0.25) is 0 Å². The maximum absolute atomic E-state index is 13.0. The Kier molecular flexibility index (Phi) is 59.7. The molecule has 80 heavy (non-hydrogen) atoms.